The van der Waals surface area contributed by atoms with E-state index in [0.717, 1.165) is 23.1 Å². The maximum Gasteiger partial charge on any atom is 0.406 e. The Kier molecular flexibility index (Phi) is 4.13. The van der Waals surface area contributed by atoms with Gasteiger partial charge in [-0.2, -0.15) is 13.2 Å². The Morgan fingerprint density at radius 3 is 2.35 bits per heavy atom. The van der Waals surface area contributed by atoms with Crippen molar-refractivity contribution in [2.24, 2.45) is 0 Å². The van der Waals surface area contributed by atoms with E-state index in [-0.39, 0.29) is 0 Å². The Hall–Kier alpha value is -2.27. The van der Waals surface area contributed by atoms with E-state index >= 15 is 0 Å². The monoisotopic (exact) mass is 318 g/mol. The fourth-order valence-electron chi connectivity index (χ4n) is 2.80. The fourth-order valence-corrected chi connectivity index (χ4v) is 2.80. The van der Waals surface area contributed by atoms with Gasteiger partial charge in [-0.1, -0.05) is 42.5 Å². The summed E-state index contributed by atoms with van der Waals surface area (Å²) in [5.41, 5.74) is 3.05. The molecule has 0 aliphatic rings. The van der Waals surface area contributed by atoms with E-state index in [9.17, 15) is 13.2 Å². The van der Waals surface area contributed by atoms with E-state index in [1.54, 1.807) is 12.1 Å². The second-order valence-corrected chi connectivity index (χ2v) is 5.52. The molecular formula is C18H17F3N2. The minimum atomic E-state index is -4.26. The molecule has 0 fully saturated rings. The molecule has 3 rings (SSSR count). The van der Waals surface area contributed by atoms with Crippen molar-refractivity contribution in [2.45, 2.75) is 19.3 Å². The topological polar surface area (TPSA) is 17.0 Å². The normalized spacial score (nSPS) is 12.0. The quantitative estimate of drug-likeness (QED) is 0.744. The van der Waals surface area contributed by atoms with Crippen LogP contribution < -0.4 is 5.32 Å². The summed E-state index contributed by atoms with van der Waals surface area (Å²) in [4.78, 5) is 0. The lowest BCUT2D eigenvalue weighted by Gasteiger charge is -2.14. The molecule has 0 aliphatic carbocycles. The SMILES string of the molecule is CNCc1ccc(-c2cc3ccccc3n2CC(F)(F)F)cc1. The van der Waals surface area contributed by atoms with Crippen molar-refractivity contribution in [1.29, 1.82) is 0 Å². The van der Waals surface area contributed by atoms with Crippen molar-refractivity contribution in [3.8, 4) is 11.3 Å². The minimum Gasteiger partial charge on any atom is -0.331 e. The van der Waals surface area contributed by atoms with E-state index in [0.29, 0.717) is 11.2 Å². The highest BCUT2D eigenvalue weighted by molar-refractivity contribution is 5.87. The standard InChI is InChI=1S/C18H17F3N2/c1-22-11-13-6-8-14(9-7-13)17-10-15-4-2-3-5-16(15)23(17)12-18(19,20)21/h2-10,22H,11-12H2,1H3. The van der Waals surface area contributed by atoms with Crippen LogP contribution in [0.5, 0.6) is 0 Å². The van der Waals surface area contributed by atoms with Gasteiger partial charge in [-0.15, -0.1) is 0 Å². The van der Waals surface area contributed by atoms with Crippen molar-refractivity contribution >= 4 is 10.9 Å². The Bertz CT molecular complexity index is 801. The third kappa shape index (κ3) is 3.40. The third-order valence-electron chi connectivity index (χ3n) is 3.78. The van der Waals surface area contributed by atoms with Crippen LogP contribution in [0.3, 0.4) is 0 Å². The summed E-state index contributed by atoms with van der Waals surface area (Å²) in [5.74, 6) is 0. The molecule has 0 spiro atoms. The van der Waals surface area contributed by atoms with E-state index in [1.807, 2.05) is 49.5 Å². The molecular weight excluding hydrogens is 301 g/mol. The third-order valence-corrected chi connectivity index (χ3v) is 3.78. The van der Waals surface area contributed by atoms with Gasteiger partial charge in [0.1, 0.15) is 6.54 Å². The van der Waals surface area contributed by atoms with Crippen molar-refractivity contribution in [1.82, 2.24) is 9.88 Å². The zero-order valence-electron chi connectivity index (χ0n) is 12.7. The van der Waals surface area contributed by atoms with E-state index in [4.69, 9.17) is 0 Å². The molecule has 2 aromatic carbocycles. The van der Waals surface area contributed by atoms with Crippen molar-refractivity contribution in [2.75, 3.05) is 7.05 Å². The second-order valence-electron chi connectivity index (χ2n) is 5.52. The molecule has 0 bridgehead atoms. The minimum absolute atomic E-state index is 0.583. The molecule has 0 saturated heterocycles. The molecule has 3 aromatic rings. The van der Waals surface area contributed by atoms with Gasteiger partial charge in [0.2, 0.25) is 0 Å². The summed E-state index contributed by atoms with van der Waals surface area (Å²) >= 11 is 0. The van der Waals surface area contributed by atoms with Gasteiger partial charge in [-0.25, -0.2) is 0 Å². The van der Waals surface area contributed by atoms with Crippen LogP contribution in [0.15, 0.2) is 54.6 Å². The number of hydrogen-bond donors (Lipinski definition) is 1. The van der Waals surface area contributed by atoms with Gasteiger partial charge >= 0.3 is 6.18 Å². The zero-order chi connectivity index (χ0) is 16.4. The highest BCUT2D eigenvalue weighted by atomic mass is 19.4. The number of fused-ring (bicyclic) bond motifs is 1. The largest absolute Gasteiger partial charge is 0.406 e. The Morgan fingerprint density at radius 2 is 1.70 bits per heavy atom. The van der Waals surface area contributed by atoms with Crippen molar-refractivity contribution in [3.05, 3.63) is 60.2 Å². The summed E-state index contributed by atoms with van der Waals surface area (Å²) in [6.45, 7) is -0.264. The average Bonchev–Trinajstić information content (AvgIpc) is 2.86. The van der Waals surface area contributed by atoms with Crippen molar-refractivity contribution in [3.63, 3.8) is 0 Å². The Morgan fingerprint density at radius 1 is 1.00 bits per heavy atom. The van der Waals surface area contributed by atoms with E-state index in [1.165, 1.54) is 4.57 Å². The van der Waals surface area contributed by atoms with Gasteiger partial charge < -0.3 is 9.88 Å². The number of hydrogen-bond acceptors (Lipinski definition) is 1. The molecule has 0 aliphatic heterocycles. The van der Waals surface area contributed by atoms with Crippen LogP contribution >= 0.6 is 0 Å². The number of rotatable bonds is 4. The van der Waals surface area contributed by atoms with Gasteiger partial charge in [-0.3, -0.25) is 0 Å². The lowest BCUT2D eigenvalue weighted by molar-refractivity contribution is -0.139. The van der Waals surface area contributed by atoms with Gasteiger partial charge in [0.25, 0.3) is 0 Å². The number of halogens is 3. The van der Waals surface area contributed by atoms with E-state index in [2.05, 4.69) is 5.32 Å². The number of para-hydroxylation sites is 1. The summed E-state index contributed by atoms with van der Waals surface area (Å²) in [5, 5.41) is 3.86. The molecule has 0 amide bonds. The number of benzene rings is 2. The molecule has 2 nitrogen and oxygen atoms in total. The lowest BCUT2D eigenvalue weighted by atomic mass is 10.1. The summed E-state index contributed by atoms with van der Waals surface area (Å²) < 4.78 is 40.3. The maximum atomic E-state index is 13.0. The van der Waals surface area contributed by atoms with Crippen LogP contribution in [0.4, 0.5) is 13.2 Å². The molecule has 0 atom stereocenters. The van der Waals surface area contributed by atoms with Crippen LogP contribution in [0.2, 0.25) is 0 Å². The molecule has 23 heavy (non-hydrogen) atoms. The molecule has 0 unspecified atom stereocenters. The lowest BCUT2D eigenvalue weighted by Crippen LogP contribution is -2.18. The van der Waals surface area contributed by atoms with Crippen LogP contribution in [0.25, 0.3) is 22.2 Å². The molecule has 1 heterocycles. The van der Waals surface area contributed by atoms with Gasteiger partial charge in [-0.05, 0) is 30.3 Å². The summed E-state index contributed by atoms with van der Waals surface area (Å²) in [7, 11) is 1.86. The van der Waals surface area contributed by atoms with Crippen LogP contribution in [-0.4, -0.2) is 17.8 Å². The first-order valence-corrected chi connectivity index (χ1v) is 7.37. The predicted octanol–water partition coefficient (Wildman–Crippen LogP) is 4.59. The average molecular weight is 318 g/mol. The van der Waals surface area contributed by atoms with E-state index < -0.39 is 12.7 Å². The number of aromatic nitrogens is 1. The first-order valence-electron chi connectivity index (χ1n) is 7.37. The van der Waals surface area contributed by atoms with Crippen LogP contribution in [-0.2, 0) is 13.1 Å². The van der Waals surface area contributed by atoms with Crippen LogP contribution in [0.1, 0.15) is 5.56 Å². The Labute approximate surface area is 132 Å². The second kappa shape index (κ2) is 6.08. The van der Waals surface area contributed by atoms with Gasteiger partial charge in [0, 0.05) is 23.1 Å². The number of alkyl halides is 3. The smallest absolute Gasteiger partial charge is 0.331 e. The van der Waals surface area contributed by atoms with Gasteiger partial charge in [0.15, 0.2) is 0 Å². The zero-order valence-corrected chi connectivity index (χ0v) is 12.7. The molecule has 120 valence electrons. The summed E-state index contributed by atoms with van der Waals surface area (Å²) in [6.07, 6.45) is -4.26. The summed E-state index contributed by atoms with van der Waals surface area (Å²) in [6, 6.07) is 16.6. The Balaban J connectivity index is 2.10. The fraction of sp³-hybridized carbons (Fsp3) is 0.222. The molecule has 1 aromatic heterocycles. The molecule has 0 saturated carbocycles. The highest BCUT2D eigenvalue weighted by Gasteiger charge is 2.29. The van der Waals surface area contributed by atoms with Gasteiger partial charge in [0.05, 0.1) is 0 Å². The first-order chi connectivity index (χ1) is 11.0. The molecule has 0 radical (unpaired) electrons. The molecule has 1 N–H and O–H groups in total. The van der Waals surface area contributed by atoms with Crippen molar-refractivity contribution < 1.29 is 13.2 Å². The number of nitrogens with zero attached hydrogens (tertiary/aromatic N) is 1. The molecule has 5 heteroatoms. The first kappa shape index (κ1) is 15.6. The number of nitrogens with one attached hydrogen (secondary N) is 1. The van der Waals surface area contributed by atoms with Crippen LogP contribution in [0, 0.1) is 0 Å². The predicted molar refractivity (Wildman–Crippen MR) is 86.2 cm³/mol. The highest BCUT2D eigenvalue weighted by Crippen LogP contribution is 2.31. The maximum absolute atomic E-state index is 13.0.